The maximum atomic E-state index is 12.7. The number of amides is 1. The number of hydrogen-bond donors (Lipinski definition) is 2. The average Bonchev–Trinajstić information content (AvgIpc) is 2.87. The molecule has 116 valence electrons. The average molecular weight is 294 g/mol. The van der Waals surface area contributed by atoms with Gasteiger partial charge in [0.1, 0.15) is 11.5 Å². The monoisotopic (exact) mass is 294 g/mol. The molecule has 1 aromatic carbocycles. The molecule has 21 heavy (non-hydrogen) atoms. The van der Waals surface area contributed by atoms with Gasteiger partial charge in [0.25, 0.3) is 5.91 Å². The number of likely N-dealkylation sites (tertiary alicyclic amines) is 1. The number of hydrogen-bond acceptors (Lipinski definition) is 5. The standard InChI is InChI=1S/C15H22N2O4/c1-9-4-5-17(12(9)8-18)15(19)11-6-10(20-2)7-13(21-3)14(11)16/h6-7,9,12,18H,4-5,8,16H2,1-3H3. The van der Waals surface area contributed by atoms with Gasteiger partial charge in [0.05, 0.1) is 38.1 Å². The van der Waals surface area contributed by atoms with Crippen LogP contribution in [0.3, 0.4) is 0 Å². The van der Waals surface area contributed by atoms with Gasteiger partial charge in [0.2, 0.25) is 0 Å². The van der Waals surface area contributed by atoms with Crippen LogP contribution in [0.1, 0.15) is 23.7 Å². The van der Waals surface area contributed by atoms with Crippen molar-refractivity contribution in [2.24, 2.45) is 5.92 Å². The third-order valence-electron chi connectivity index (χ3n) is 4.13. The van der Waals surface area contributed by atoms with E-state index < -0.39 is 0 Å². The highest BCUT2D eigenvalue weighted by Crippen LogP contribution is 2.34. The second-order valence-electron chi connectivity index (χ2n) is 5.31. The van der Waals surface area contributed by atoms with Crippen molar-refractivity contribution in [2.75, 3.05) is 33.1 Å². The van der Waals surface area contributed by atoms with E-state index in [2.05, 4.69) is 0 Å². The van der Waals surface area contributed by atoms with Gasteiger partial charge in [-0.1, -0.05) is 6.92 Å². The smallest absolute Gasteiger partial charge is 0.256 e. The molecule has 0 saturated carbocycles. The second kappa shape index (κ2) is 6.22. The molecular formula is C15H22N2O4. The molecule has 1 fully saturated rings. The molecule has 2 atom stereocenters. The minimum atomic E-state index is -0.201. The maximum absolute atomic E-state index is 12.7. The van der Waals surface area contributed by atoms with Gasteiger partial charge in [-0.15, -0.1) is 0 Å². The molecular weight excluding hydrogens is 272 g/mol. The van der Waals surface area contributed by atoms with E-state index in [1.165, 1.54) is 14.2 Å². The molecule has 2 rings (SSSR count). The maximum Gasteiger partial charge on any atom is 0.256 e. The number of methoxy groups -OCH3 is 2. The molecule has 1 aliphatic heterocycles. The predicted molar refractivity (Wildman–Crippen MR) is 79.6 cm³/mol. The minimum Gasteiger partial charge on any atom is -0.497 e. The van der Waals surface area contributed by atoms with E-state index in [1.807, 2.05) is 6.92 Å². The Bertz CT molecular complexity index is 533. The van der Waals surface area contributed by atoms with E-state index in [9.17, 15) is 9.90 Å². The number of aliphatic hydroxyl groups excluding tert-OH is 1. The van der Waals surface area contributed by atoms with Crippen molar-refractivity contribution < 1.29 is 19.4 Å². The summed E-state index contributed by atoms with van der Waals surface area (Å²) < 4.78 is 10.4. The number of nitrogens with zero attached hydrogens (tertiary/aromatic N) is 1. The third kappa shape index (κ3) is 2.76. The summed E-state index contributed by atoms with van der Waals surface area (Å²) >= 11 is 0. The number of carbonyl (C=O) groups is 1. The lowest BCUT2D eigenvalue weighted by Crippen LogP contribution is -2.40. The molecule has 1 saturated heterocycles. The Kier molecular flexibility index (Phi) is 4.57. The first kappa shape index (κ1) is 15.4. The zero-order valence-corrected chi connectivity index (χ0v) is 12.6. The summed E-state index contributed by atoms with van der Waals surface area (Å²) in [6.07, 6.45) is 0.873. The van der Waals surface area contributed by atoms with Gasteiger partial charge >= 0.3 is 0 Å². The van der Waals surface area contributed by atoms with Gasteiger partial charge in [-0.3, -0.25) is 4.79 Å². The Labute approximate surface area is 124 Å². The summed E-state index contributed by atoms with van der Waals surface area (Å²) in [4.78, 5) is 14.4. The Balaban J connectivity index is 2.39. The van der Waals surface area contributed by atoms with Crippen molar-refractivity contribution in [3.63, 3.8) is 0 Å². The fourth-order valence-corrected chi connectivity index (χ4v) is 2.76. The normalized spacial score (nSPS) is 21.4. The highest BCUT2D eigenvalue weighted by Gasteiger charge is 2.35. The fraction of sp³-hybridized carbons (Fsp3) is 0.533. The van der Waals surface area contributed by atoms with E-state index in [4.69, 9.17) is 15.2 Å². The molecule has 1 aromatic rings. The summed E-state index contributed by atoms with van der Waals surface area (Å²) in [5.74, 6) is 0.989. The van der Waals surface area contributed by atoms with Crippen LogP contribution in [-0.2, 0) is 0 Å². The van der Waals surface area contributed by atoms with Crippen LogP contribution in [0.2, 0.25) is 0 Å². The number of carbonyl (C=O) groups excluding carboxylic acids is 1. The highest BCUT2D eigenvalue weighted by molar-refractivity contribution is 6.01. The molecule has 1 aliphatic rings. The quantitative estimate of drug-likeness (QED) is 0.813. The van der Waals surface area contributed by atoms with E-state index in [-0.39, 0.29) is 24.5 Å². The second-order valence-corrected chi connectivity index (χ2v) is 5.31. The number of anilines is 1. The molecule has 1 heterocycles. The van der Waals surface area contributed by atoms with Crippen LogP contribution in [0.4, 0.5) is 5.69 Å². The Morgan fingerprint density at radius 3 is 2.71 bits per heavy atom. The lowest BCUT2D eigenvalue weighted by Gasteiger charge is -2.26. The molecule has 6 heteroatoms. The van der Waals surface area contributed by atoms with E-state index in [1.54, 1.807) is 17.0 Å². The first-order valence-corrected chi connectivity index (χ1v) is 6.96. The topological polar surface area (TPSA) is 85.0 Å². The number of benzene rings is 1. The van der Waals surface area contributed by atoms with Crippen LogP contribution in [0.5, 0.6) is 11.5 Å². The summed E-state index contributed by atoms with van der Waals surface area (Å²) in [6, 6.07) is 3.08. The first-order valence-electron chi connectivity index (χ1n) is 6.96. The van der Waals surface area contributed by atoms with Crippen LogP contribution >= 0.6 is 0 Å². The summed E-state index contributed by atoms with van der Waals surface area (Å²) in [7, 11) is 3.02. The Morgan fingerprint density at radius 1 is 1.43 bits per heavy atom. The highest BCUT2D eigenvalue weighted by atomic mass is 16.5. The predicted octanol–water partition coefficient (Wildman–Crippen LogP) is 1.13. The van der Waals surface area contributed by atoms with Crippen LogP contribution < -0.4 is 15.2 Å². The molecule has 0 aromatic heterocycles. The summed E-state index contributed by atoms with van der Waals surface area (Å²) in [6.45, 7) is 2.60. The van der Waals surface area contributed by atoms with Gasteiger partial charge in [-0.05, 0) is 18.4 Å². The summed E-state index contributed by atoms with van der Waals surface area (Å²) in [5, 5.41) is 9.50. The molecule has 0 radical (unpaired) electrons. The zero-order valence-electron chi connectivity index (χ0n) is 12.6. The zero-order chi connectivity index (χ0) is 15.6. The van der Waals surface area contributed by atoms with Crippen molar-refractivity contribution in [3.8, 4) is 11.5 Å². The van der Waals surface area contributed by atoms with E-state index in [0.29, 0.717) is 29.3 Å². The van der Waals surface area contributed by atoms with Crippen LogP contribution in [0, 0.1) is 5.92 Å². The van der Waals surface area contributed by atoms with Crippen LogP contribution in [0.25, 0.3) is 0 Å². The first-order chi connectivity index (χ1) is 10.0. The Hall–Kier alpha value is -1.95. The molecule has 6 nitrogen and oxygen atoms in total. The molecule has 0 aliphatic carbocycles. The van der Waals surface area contributed by atoms with Gasteiger partial charge in [-0.2, -0.15) is 0 Å². The van der Waals surface area contributed by atoms with E-state index >= 15 is 0 Å². The minimum absolute atomic E-state index is 0.0477. The van der Waals surface area contributed by atoms with Gasteiger partial charge < -0.3 is 25.2 Å². The summed E-state index contributed by atoms with van der Waals surface area (Å²) in [5.41, 5.74) is 6.65. The number of ether oxygens (including phenoxy) is 2. The molecule has 0 bridgehead atoms. The SMILES string of the molecule is COc1cc(OC)c(N)c(C(=O)N2CCC(C)C2CO)c1. The van der Waals surface area contributed by atoms with Gasteiger partial charge in [-0.25, -0.2) is 0 Å². The van der Waals surface area contributed by atoms with E-state index in [0.717, 1.165) is 6.42 Å². The van der Waals surface area contributed by atoms with Crippen LogP contribution in [0.15, 0.2) is 12.1 Å². The van der Waals surface area contributed by atoms with Crippen molar-refractivity contribution in [3.05, 3.63) is 17.7 Å². The number of nitrogen functional groups attached to an aromatic ring is 1. The lowest BCUT2D eigenvalue weighted by molar-refractivity contribution is 0.0648. The molecule has 0 spiro atoms. The number of nitrogens with two attached hydrogens (primary N) is 1. The fourth-order valence-electron chi connectivity index (χ4n) is 2.76. The number of aliphatic hydroxyl groups is 1. The van der Waals surface area contributed by atoms with Gasteiger partial charge in [0.15, 0.2) is 0 Å². The van der Waals surface area contributed by atoms with Crippen molar-refractivity contribution >= 4 is 11.6 Å². The van der Waals surface area contributed by atoms with Gasteiger partial charge in [0, 0.05) is 12.6 Å². The van der Waals surface area contributed by atoms with Crippen molar-refractivity contribution in [2.45, 2.75) is 19.4 Å². The lowest BCUT2D eigenvalue weighted by atomic mass is 10.0. The third-order valence-corrected chi connectivity index (χ3v) is 4.13. The van der Waals surface area contributed by atoms with Crippen molar-refractivity contribution in [1.82, 2.24) is 4.90 Å². The number of rotatable bonds is 4. The Morgan fingerprint density at radius 2 is 2.14 bits per heavy atom. The molecule has 1 amide bonds. The largest absolute Gasteiger partial charge is 0.497 e. The van der Waals surface area contributed by atoms with Crippen molar-refractivity contribution in [1.29, 1.82) is 0 Å². The molecule has 3 N–H and O–H groups in total. The molecule has 2 unspecified atom stereocenters. The van der Waals surface area contributed by atoms with Crippen LogP contribution in [-0.4, -0.2) is 49.3 Å².